The summed E-state index contributed by atoms with van der Waals surface area (Å²) in [5, 5.41) is 2.74. The molecule has 0 aliphatic rings. The molecule has 0 spiro atoms. The maximum atomic E-state index is 12.8. The average Bonchev–Trinajstić information content (AvgIpc) is 2.38. The number of halogens is 5. The molecule has 0 aliphatic carbocycles. The summed E-state index contributed by atoms with van der Waals surface area (Å²) in [5.41, 5.74) is 5.54. The summed E-state index contributed by atoms with van der Waals surface area (Å²) in [7, 11) is 0. The van der Waals surface area contributed by atoms with Gasteiger partial charge in [0.25, 0.3) is 5.95 Å². The second kappa shape index (κ2) is 6.71. The predicted octanol–water partition coefficient (Wildman–Crippen LogP) is 4.28. The molecule has 0 saturated heterocycles. The first-order valence-corrected chi connectivity index (χ1v) is 7.31. The summed E-state index contributed by atoms with van der Waals surface area (Å²) in [6, 6.07) is 5.13. The van der Waals surface area contributed by atoms with E-state index in [4.69, 9.17) is 17.3 Å². The van der Waals surface area contributed by atoms with E-state index in [2.05, 4.69) is 36.2 Å². The van der Waals surface area contributed by atoms with Gasteiger partial charge < -0.3 is 11.1 Å². The third-order valence-electron chi connectivity index (χ3n) is 2.58. The SMILES string of the molecule is Cc1cc(Cl)nc(/N=C(\N)Nc2ccc(Br)c(C(F)(F)F)c2)n1. The lowest BCUT2D eigenvalue weighted by Crippen LogP contribution is -2.22. The molecule has 0 aliphatic heterocycles. The van der Waals surface area contributed by atoms with Crippen molar-refractivity contribution in [3.63, 3.8) is 0 Å². The fourth-order valence-corrected chi connectivity index (χ4v) is 2.37. The fourth-order valence-electron chi connectivity index (χ4n) is 1.67. The zero-order valence-corrected chi connectivity index (χ0v) is 14.0. The largest absolute Gasteiger partial charge is 0.417 e. The van der Waals surface area contributed by atoms with Crippen LogP contribution in [0.1, 0.15) is 11.3 Å². The highest BCUT2D eigenvalue weighted by Gasteiger charge is 2.33. The third-order valence-corrected chi connectivity index (χ3v) is 3.46. The van der Waals surface area contributed by atoms with Crippen LogP contribution >= 0.6 is 27.5 Å². The normalized spacial score (nSPS) is 12.3. The van der Waals surface area contributed by atoms with Gasteiger partial charge in [-0.25, -0.2) is 4.98 Å². The summed E-state index contributed by atoms with van der Waals surface area (Å²) in [6.07, 6.45) is -4.49. The van der Waals surface area contributed by atoms with E-state index in [1.807, 2.05) is 0 Å². The highest BCUT2D eigenvalue weighted by Crippen LogP contribution is 2.36. The number of nitrogens with one attached hydrogen (secondary N) is 1. The molecule has 0 radical (unpaired) electrons. The van der Waals surface area contributed by atoms with Crippen molar-refractivity contribution in [2.75, 3.05) is 5.32 Å². The molecule has 122 valence electrons. The molecule has 0 unspecified atom stereocenters. The second-order valence-corrected chi connectivity index (χ2v) is 5.69. The first kappa shape index (κ1) is 17.5. The van der Waals surface area contributed by atoms with Crippen LogP contribution in [0.4, 0.5) is 24.8 Å². The zero-order valence-electron chi connectivity index (χ0n) is 11.6. The predicted molar refractivity (Wildman–Crippen MR) is 85.8 cm³/mol. The Balaban J connectivity index is 2.26. The summed E-state index contributed by atoms with van der Waals surface area (Å²) in [6.45, 7) is 1.69. The van der Waals surface area contributed by atoms with Crippen LogP contribution in [0.5, 0.6) is 0 Å². The van der Waals surface area contributed by atoms with Gasteiger partial charge in [-0.15, -0.1) is 0 Å². The van der Waals surface area contributed by atoms with E-state index in [-0.39, 0.29) is 27.2 Å². The van der Waals surface area contributed by atoms with Crippen LogP contribution in [0.15, 0.2) is 33.7 Å². The van der Waals surface area contributed by atoms with Gasteiger partial charge in [-0.05, 0) is 31.2 Å². The van der Waals surface area contributed by atoms with Gasteiger partial charge in [0.1, 0.15) is 5.15 Å². The lowest BCUT2D eigenvalue weighted by Gasteiger charge is -2.12. The molecule has 2 rings (SSSR count). The number of alkyl halides is 3. The molecule has 5 nitrogen and oxygen atoms in total. The van der Waals surface area contributed by atoms with Crippen molar-refractivity contribution in [2.24, 2.45) is 10.7 Å². The molecule has 1 aromatic heterocycles. The molecule has 0 saturated carbocycles. The van der Waals surface area contributed by atoms with E-state index < -0.39 is 11.7 Å². The maximum Gasteiger partial charge on any atom is 0.417 e. The van der Waals surface area contributed by atoms with Crippen LogP contribution in [-0.4, -0.2) is 15.9 Å². The number of hydrogen-bond acceptors (Lipinski definition) is 3. The van der Waals surface area contributed by atoms with Crippen molar-refractivity contribution in [1.29, 1.82) is 0 Å². The van der Waals surface area contributed by atoms with Crippen LogP contribution in [0.25, 0.3) is 0 Å². The minimum absolute atomic E-state index is 0.00755. The Bertz CT molecular complexity index is 744. The van der Waals surface area contributed by atoms with E-state index in [0.29, 0.717) is 5.69 Å². The summed E-state index contributed by atoms with van der Waals surface area (Å²) >= 11 is 8.63. The number of aliphatic imine (C=N–C) groups is 1. The Morgan fingerprint density at radius 2 is 2.00 bits per heavy atom. The maximum absolute atomic E-state index is 12.8. The number of anilines is 1. The van der Waals surface area contributed by atoms with Crippen molar-refractivity contribution in [3.05, 3.63) is 45.1 Å². The van der Waals surface area contributed by atoms with Gasteiger partial charge >= 0.3 is 6.18 Å². The number of benzene rings is 1. The smallest absolute Gasteiger partial charge is 0.369 e. The van der Waals surface area contributed by atoms with Crippen LogP contribution in [0.3, 0.4) is 0 Å². The van der Waals surface area contributed by atoms with E-state index in [0.717, 1.165) is 6.07 Å². The van der Waals surface area contributed by atoms with Gasteiger partial charge in [-0.3, -0.25) is 0 Å². The van der Waals surface area contributed by atoms with Crippen LogP contribution in [0, 0.1) is 6.92 Å². The van der Waals surface area contributed by atoms with E-state index >= 15 is 0 Å². The number of hydrogen-bond donors (Lipinski definition) is 2. The first-order chi connectivity index (χ1) is 10.6. The molecule has 0 amide bonds. The topological polar surface area (TPSA) is 76.2 Å². The standard InChI is InChI=1S/C13H10BrClF3N5/c1-6-4-10(15)22-12(20-6)23-11(19)21-7-2-3-9(14)8(5-7)13(16,17)18/h2-5H,1H3,(H3,19,20,21,22,23). The third kappa shape index (κ3) is 4.80. The van der Waals surface area contributed by atoms with Gasteiger partial charge in [0.2, 0.25) is 5.96 Å². The highest BCUT2D eigenvalue weighted by atomic mass is 79.9. The average molecular weight is 409 g/mol. The van der Waals surface area contributed by atoms with Gasteiger partial charge in [-0.2, -0.15) is 23.1 Å². The highest BCUT2D eigenvalue weighted by molar-refractivity contribution is 9.10. The van der Waals surface area contributed by atoms with Crippen LogP contribution < -0.4 is 11.1 Å². The van der Waals surface area contributed by atoms with Crippen molar-refractivity contribution in [2.45, 2.75) is 13.1 Å². The molecular weight excluding hydrogens is 399 g/mol. The molecule has 1 aromatic carbocycles. The minimum Gasteiger partial charge on any atom is -0.369 e. The number of nitrogens with two attached hydrogens (primary N) is 1. The molecule has 0 atom stereocenters. The Labute approximate surface area is 142 Å². The van der Waals surface area contributed by atoms with Crippen molar-refractivity contribution in [3.8, 4) is 0 Å². The Morgan fingerprint density at radius 1 is 1.30 bits per heavy atom. The van der Waals surface area contributed by atoms with Gasteiger partial charge in [0, 0.05) is 15.9 Å². The molecule has 3 N–H and O–H groups in total. The second-order valence-electron chi connectivity index (χ2n) is 4.45. The molecule has 0 bridgehead atoms. The summed E-state index contributed by atoms with van der Waals surface area (Å²) in [5.74, 6) is -0.157. The molecule has 2 aromatic rings. The lowest BCUT2D eigenvalue weighted by molar-refractivity contribution is -0.138. The first-order valence-electron chi connectivity index (χ1n) is 6.14. The van der Waals surface area contributed by atoms with E-state index in [1.165, 1.54) is 18.2 Å². The number of nitrogens with zero attached hydrogens (tertiary/aromatic N) is 3. The monoisotopic (exact) mass is 407 g/mol. The lowest BCUT2D eigenvalue weighted by atomic mass is 10.2. The van der Waals surface area contributed by atoms with Crippen molar-refractivity contribution >= 4 is 45.1 Å². The Kier molecular flexibility index (Phi) is 5.10. The van der Waals surface area contributed by atoms with Crippen molar-refractivity contribution < 1.29 is 13.2 Å². The summed E-state index contributed by atoms with van der Waals surface area (Å²) < 4.78 is 38.5. The number of rotatable bonds is 2. The Morgan fingerprint density at radius 3 is 2.61 bits per heavy atom. The number of aryl methyl sites for hydroxylation is 1. The van der Waals surface area contributed by atoms with E-state index in [9.17, 15) is 13.2 Å². The molecule has 1 heterocycles. The number of guanidine groups is 1. The molecular formula is C13H10BrClF3N5. The van der Waals surface area contributed by atoms with Crippen molar-refractivity contribution in [1.82, 2.24) is 9.97 Å². The Hall–Kier alpha value is -1.87. The molecule has 10 heteroatoms. The van der Waals surface area contributed by atoms with E-state index in [1.54, 1.807) is 6.92 Å². The van der Waals surface area contributed by atoms with Crippen LogP contribution in [0.2, 0.25) is 5.15 Å². The van der Waals surface area contributed by atoms with Crippen LogP contribution in [-0.2, 0) is 6.18 Å². The zero-order chi connectivity index (χ0) is 17.2. The molecule has 23 heavy (non-hydrogen) atoms. The summed E-state index contributed by atoms with van der Waals surface area (Å²) in [4.78, 5) is 11.7. The van der Waals surface area contributed by atoms with Gasteiger partial charge in [0.15, 0.2) is 0 Å². The molecule has 0 fully saturated rings. The van der Waals surface area contributed by atoms with Gasteiger partial charge in [-0.1, -0.05) is 27.5 Å². The fraction of sp³-hybridized carbons (Fsp3) is 0.154. The number of aromatic nitrogens is 2. The minimum atomic E-state index is -4.49. The quantitative estimate of drug-likeness (QED) is 0.442. The van der Waals surface area contributed by atoms with Gasteiger partial charge in [0.05, 0.1) is 5.56 Å².